The van der Waals surface area contributed by atoms with E-state index in [4.69, 9.17) is 34.8 Å². The van der Waals surface area contributed by atoms with Crippen LogP contribution in [0.4, 0.5) is 0 Å². The predicted octanol–water partition coefficient (Wildman–Crippen LogP) is 5.79. The number of carbonyl (C=O) groups excluding carboxylic acids is 1. The third kappa shape index (κ3) is 6.52. The van der Waals surface area contributed by atoms with E-state index in [-0.39, 0.29) is 18.6 Å². The summed E-state index contributed by atoms with van der Waals surface area (Å²) in [5.74, 6) is 4.56. The van der Waals surface area contributed by atoms with Gasteiger partial charge in [-0.05, 0) is 61.1 Å². The van der Waals surface area contributed by atoms with Crippen molar-refractivity contribution in [1.29, 1.82) is 0 Å². The van der Waals surface area contributed by atoms with Gasteiger partial charge in [-0.1, -0.05) is 19.8 Å². The number of amides is 1. The lowest BCUT2D eigenvalue weighted by molar-refractivity contribution is -0.171. The third-order valence-electron chi connectivity index (χ3n) is 6.64. The van der Waals surface area contributed by atoms with Gasteiger partial charge in [0, 0.05) is 12.0 Å². The van der Waals surface area contributed by atoms with Crippen LogP contribution in [0.25, 0.3) is 0 Å². The summed E-state index contributed by atoms with van der Waals surface area (Å²) >= 11 is 0. The standard InChI is InChI=1S/C30H39NO8/c1-8-11-28(32)31(33)22(10-3)21-15-19(16-25(34-4)29(21)38-14-9-2)23-12-13-24(39-23)20-17-26(35-5)30(37-7)27(18-20)36-6/h3,15-18,22-24,33H,8-9,11-14H2,1-2,4-7H3. The van der Waals surface area contributed by atoms with Crippen LogP contribution in [0.2, 0.25) is 0 Å². The first-order valence-corrected chi connectivity index (χ1v) is 13.1. The van der Waals surface area contributed by atoms with Crippen molar-refractivity contribution in [1.82, 2.24) is 5.06 Å². The van der Waals surface area contributed by atoms with Gasteiger partial charge in [0.05, 0.1) is 47.3 Å². The second kappa shape index (κ2) is 14.0. The molecule has 1 fully saturated rings. The number of hydroxylamine groups is 2. The second-order valence-corrected chi connectivity index (χ2v) is 9.20. The highest BCUT2D eigenvalue weighted by atomic mass is 16.5. The van der Waals surface area contributed by atoms with Crippen molar-refractivity contribution in [2.75, 3.05) is 35.0 Å². The lowest BCUT2D eigenvalue weighted by Crippen LogP contribution is -2.31. The largest absolute Gasteiger partial charge is 0.493 e. The Morgan fingerprint density at radius 1 is 0.949 bits per heavy atom. The predicted molar refractivity (Wildman–Crippen MR) is 146 cm³/mol. The summed E-state index contributed by atoms with van der Waals surface area (Å²) in [5.41, 5.74) is 2.17. The number of nitrogens with zero attached hydrogens (tertiary/aromatic N) is 1. The fraction of sp³-hybridized carbons (Fsp3) is 0.500. The SMILES string of the molecule is C#CC(c1cc(C2CCC(c3cc(OC)c(OC)c(OC)c3)O2)cc(OC)c1OCCC)N(O)C(=O)CCC. The van der Waals surface area contributed by atoms with Crippen LogP contribution in [0.3, 0.4) is 0 Å². The zero-order valence-corrected chi connectivity index (χ0v) is 23.6. The number of terminal acetylenes is 1. The Morgan fingerprint density at radius 3 is 1.95 bits per heavy atom. The molecule has 9 heteroatoms. The van der Waals surface area contributed by atoms with Crippen molar-refractivity contribution in [2.24, 2.45) is 0 Å². The summed E-state index contributed by atoms with van der Waals surface area (Å²) in [6.45, 7) is 4.26. The van der Waals surface area contributed by atoms with Crippen LogP contribution in [-0.2, 0) is 9.53 Å². The molecule has 0 saturated carbocycles. The molecule has 2 aromatic rings. The van der Waals surface area contributed by atoms with Gasteiger partial charge in [0.15, 0.2) is 23.0 Å². The van der Waals surface area contributed by atoms with E-state index in [9.17, 15) is 10.0 Å². The molecule has 0 aromatic heterocycles. The summed E-state index contributed by atoms with van der Waals surface area (Å²) in [6, 6.07) is 6.42. The fourth-order valence-electron chi connectivity index (χ4n) is 4.72. The maximum atomic E-state index is 12.5. The van der Waals surface area contributed by atoms with E-state index in [0.29, 0.717) is 52.4 Å². The first kappa shape index (κ1) is 29.9. The van der Waals surface area contributed by atoms with Crippen LogP contribution in [0.1, 0.15) is 80.9 Å². The molecule has 0 spiro atoms. The van der Waals surface area contributed by atoms with E-state index in [2.05, 4.69) is 5.92 Å². The lowest BCUT2D eigenvalue weighted by Gasteiger charge is -2.26. The van der Waals surface area contributed by atoms with Gasteiger partial charge < -0.3 is 28.4 Å². The number of hydrogen-bond donors (Lipinski definition) is 1. The fourth-order valence-corrected chi connectivity index (χ4v) is 4.72. The van der Waals surface area contributed by atoms with Gasteiger partial charge >= 0.3 is 0 Å². The number of rotatable bonds is 13. The van der Waals surface area contributed by atoms with Crippen molar-refractivity contribution in [3.63, 3.8) is 0 Å². The Balaban J connectivity index is 2.01. The Kier molecular flexibility index (Phi) is 10.7. The van der Waals surface area contributed by atoms with Gasteiger partial charge in [0.1, 0.15) is 6.04 Å². The minimum Gasteiger partial charge on any atom is -0.493 e. The molecule has 0 aliphatic carbocycles. The molecule has 1 aliphatic heterocycles. The third-order valence-corrected chi connectivity index (χ3v) is 6.64. The number of hydrogen-bond acceptors (Lipinski definition) is 8. The minimum atomic E-state index is -1.06. The molecule has 1 saturated heterocycles. The van der Waals surface area contributed by atoms with Crippen LogP contribution >= 0.6 is 0 Å². The first-order valence-electron chi connectivity index (χ1n) is 13.1. The summed E-state index contributed by atoms with van der Waals surface area (Å²) in [5, 5.41) is 11.3. The summed E-state index contributed by atoms with van der Waals surface area (Å²) in [6.07, 6.45) is 8.29. The Labute approximate surface area is 230 Å². The number of ether oxygens (including phenoxy) is 6. The number of methoxy groups -OCH3 is 4. The Bertz CT molecular complexity index is 1150. The zero-order chi connectivity index (χ0) is 28.5. The molecule has 3 rings (SSSR count). The van der Waals surface area contributed by atoms with Crippen LogP contribution in [0.15, 0.2) is 24.3 Å². The first-order chi connectivity index (χ1) is 18.9. The van der Waals surface area contributed by atoms with Crippen molar-refractivity contribution in [3.05, 3.63) is 41.0 Å². The van der Waals surface area contributed by atoms with E-state index in [1.54, 1.807) is 28.4 Å². The topological polar surface area (TPSA) is 95.9 Å². The molecule has 9 nitrogen and oxygen atoms in total. The van der Waals surface area contributed by atoms with Gasteiger partial charge in [-0.3, -0.25) is 10.0 Å². The zero-order valence-electron chi connectivity index (χ0n) is 23.6. The Morgan fingerprint density at radius 2 is 1.49 bits per heavy atom. The Hall–Kier alpha value is -3.61. The van der Waals surface area contributed by atoms with E-state index in [1.807, 2.05) is 38.1 Å². The molecule has 1 aliphatic rings. The maximum absolute atomic E-state index is 12.5. The highest BCUT2D eigenvalue weighted by Gasteiger charge is 2.33. The van der Waals surface area contributed by atoms with Crippen molar-refractivity contribution >= 4 is 5.91 Å². The monoisotopic (exact) mass is 541 g/mol. The molecule has 212 valence electrons. The molecule has 3 atom stereocenters. The molecule has 1 heterocycles. The summed E-state index contributed by atoms with van der Waals surface area (Å²) in [4.78, 5) is 12.5. The molecular weight excluding hydrogens is 502 g/mol. The molecule has 39 heavy (non-hydrogen) atoms. The van der Waals surface area contributed by atoms with Crippen LogP contribution < -0.4 is 23.7 Å². The molecule has 1 N–H and O–H groups in total. The molecule has 0 bridgehead atoms. The smallest absolute Gasteiger partial charge is 0.247 e. The highest BCUT2D eigenvalue weighted by molar-refractivity contribution is 5.76. The highest BCUT2D eigenvalue weighted by Crippen LogP contribution is 2.48. The summed E-state index contributed by atoms with van der Waals surface area (Å²) < 4.78 is 34.7. The minimum absolute atomic E-state index is 0.166. The molecule has 2 aromatic carbocycles. The molecular formula is C30H39NO8. The van der Waals surface area contributed by atoms with E-state index >= 15 is 0 Å². The number of benzene rings is 2. The van der Waals surface area contributed by atoms with Crippen LogP contribution in [-0.4, -0.2) is 51.2 Å². The van der Waals surface area contributed by atoms with Crippen molar-refractivity contribution in [3.8, 4) is 41.1 Å². The van der Waals surface area contributed by atoms with Crippen LogP contribution in [0.5, 0.6) is 28.7 Å². The second-order valence-electron chi connectivity index (χ2n) is 9.20. The normalized spacial score (nSPS) is 17.2. The molecule has 3 unspecified atom stereocenters. The van der Waals surface area contributed by atoms with E-state index < -0.39 is 11.9 Å². The average Bonchev–Trinajstić information content (AvgIpc) is 3.46. The lowest BCUT2D eigenvalue weighted by atomic mass is 9.97. The van der Waals surface area contributed by atoms with Gasteiger partial charge in [0.25, 0.3) is 0 Å². The van der Waals surface area contributed by atoms with Gasteiger partial charge in [-0.2, -0.15) is 0 Å². The van der Waals surface area contributed by atoms with Gasteiger partial charge in [0.2, 0.25) is 11.7 Å². The van der Waals surface area contributed by atoms with E-state index in [0.717, 1.165) is 30.4 Å². The maximum Gasteiger partial charge on any atom is 0.247 e. The molecule has 1 amide bonds. The summed E-state index contributed by atoms with van der Waals surface area (Å²) in [7, 11) is 6.26. The molecule has 0 radical (unpaired) electrons. The van der Waals surface area contributed by atoms with Gasteiger partial charge in [-0.15, -0.1) is 6.42 Å². The quantitative estimate of drug-likeness (QED) is 0.193. The van der Waals surface area contributed by atoms with Crippen molar-refractivity contribution in [2.45, 2.75) is 64.2 Å². The van der Waals surface area contributed by atoms with E-state index in [1.165, 1.54) is 0 Å². The van der Waals surface area contributed by atoms with Gasteiger partial charge in [-0.25, -0.2) is 5.06 Å². The number of carbonyl (C=O) groups is 1. The van der Waals surface area contributed by atoms with Crippen LogP contribution in [0, 0.1) is 12.3 Å². The van der Waals surface area contributed by atoms with Crippen molar-refractivity contribution < 1.29 is 38.4 Å². The average molecular weight is 542 g/mol.